The summed E-state index contributed by atoms with van der Waals surface area (Å²) in [5.74, 6) is 6.20. The Labute approximate surface area is 131 Å². The van der Waals surface area contributed by atoms with E-state index in [0.29, 0.717) is 6.54 Å². The summed E-state index contributed by atoms with van der Waals surface area (Å²) in [6.45, 7) is 0.313. The monoisotopic (exact) mass is 354 g/mol. The normalized spacial score (nSPS) is 11.5. The number of nitrogens with one attached hydrogen (secondary N) is 2. The van der Waals surface area contributed by atoms with Gasteiger partial charge < -0.3 is 5.43 Å². The highest BCUT2D eigenvalue weighted by Crippen LogP contribution is 2.36. The highest BCUT2D eigenvalue weighted by molar-refractivity contribution is 7.98. The zero-order valence-corrected chi connectivity index (χ0v) is 13.9. The first-order chi connectivity index (χ1) is 9.92. The van der Waals surface area contributed by atoms with E-state index in [2.05, 4.69) is 10.1 Å². The van der Waals surface area contributed by atoms with E-state index in [4.69, 9.17) is 5.84 Å². The fourth-order valence-corrected chi connectivity index (χ4v) is 4.41. The maximum atomic E-state index is 12.0. The molecule has 0 atom stereocenters. The van der Waals surface area contributed by atoms with E-state index >= 15 is 0 Å². The molecule has 8 nitrogen and oxygen atoms in total. The zero-order valence-electron chi connectivity index (χ0n) is 11.5. The van der Waals surface area contributed by atoms with Crippen molar-refractivity contribution in [2.45, 2.75) is 23.5 Å². The standard InChI is InChI=1S/C10H18N4O4S3/c1-19-6-4-2-3-5-12-21(17,18)9-7-8(14(15)16)10(13-11)20-9/h7,12-13H,2-6,11H2,1H3. The number of nitrogens with zero attached hydrogens (tertiary/aromatic N) is 1. The number of thiophene rings is 1. The summed E-state index contributed by atoms with van der Waals surface area (Å²) in [6, 6.07) is 1.01. The Morgan fingerprint density at radius 2 is 2.14 bits per heavy atom. The van der Waals surface area contributed by atoms with Crippen molar-refractivity contribution in [3.63, 3.8) is 0 Å². The van der Waals surface area contributed by atoms with Gasteiger partial charge in [0.1, 0.15) is 4.21 Å². The summed E-state index contributed by atoms with van der Waals surface area (Å²) in [4.78, 5) is 10.1. The summed E-state index contributed by atoms with van der Waals surface area (Å²) >= 11 is 2.49. The third kappa shape index (κ3) is 5.43. The van der Waals surface area contributed by atoms with Crippen molar-refractivity contribution in [2.75, 3.05) is 24.0 Å². The van der Waals surface area contributed by atoms with E-state index in [1.165, 1.54) is 0 Å². The number of hydrogen-bond acceptors (Lipinski definition) is 8. The third-order valence-corrected chi connectivity index (χ3v) is 6.29. The van der Waals surface area contributed by atoms with Crippen molar-refractivity contribution >= 4 is 43.8 Å². The van der Waals surface area contributed by atoms with Crippen molar-refractivity contribution in [1.82, 2.24) is 4.72 Å². The van der Waals surface area contributed by atoms with E-state index in [9.17, 15) is 18.5 Å². The second-order valence-corrected chi connectivity index (χ2v) is 8.16. The Hall–Kier alpha value is -0.880. The quantitative estimate of drug-likeness (QED) is 0.253. The molecule has 0 aliphatic carbocycles. The van der Waals surface area contributed by atoms with Crippen molar-refractivity contribution in [1.29, 1.82) is 0 Å². The number of anilines is 1. The molecule has 0 radical (unpaired) electrons. The van der Waals surface area contributed by atoms with Crippen LogP contribution in [0.1, 0.15) is 19.3 Å². The first-order valence-electron chi connectivity index (χ1n) is 6.16. The van der Waals surface area contributed by atoms with Gasteiger partial charge in [0.2, 0.25) is 10.0 Å². The van der Waals surface area contributed by atoms with Crippen LogP contribution in [0.2, 0.25) is 0 Å². The Morgan fingerprint density at radius 3 is 2.67 bits per heavy atom. The number of sulfonamides is 1. The maximum absolute atomic E-state index is 12.0. The first kappa shape index (κ1) is 18.2. The van der Waals surface area contributed by atoms with Gasteiger partial charge in [-0.3, -0.25) is 10.1 Å². The molecule has 0 saturated heterocycles. The highest BCUT2D eigenvalue weighted by Gasteiger charge is 2.25. The zero-order chi connectivity index (χ0) is 15.9. The molecule has 0 bridgehead atoms. The van der Waals surface area contributed by atoms with Crippen LogP contribution in [0, 0.1) is 10.1 Å². The molecular formula is C10H18N4O4S3. The summed E-state index contributed by atoms with van der Waals surface area (Å²) in [7, 11) is -3.73. The van der Waals surface area contributed by atoms with E-state index in [1.54, 1.807) is 11.8 Å². The Bertz CT molecular complexity index is 573. The molecule has 0 saturated carbocycles. The summed E-state index contributed by atoms with van der Waals surface area (Å²) in [6.07, 6.45) is 4.73. The number of unbranched alkanes of at least 4 members (excludes halogenated alkanes) is 2. The fourth-order valence-electron chi connectivity index (χ4n) is 1.56. The van der Waals surface area contributed by atoms with Crippen LogP contribution < -0.4 is 16.0 Å². The number of nitrogen functional groups attached to an aromatic ring is 1. The molecule has 4 N–H and O–H groups in total. The van der Waals surface area contributed by atoms with Gasteiger partial charge >= 0.3 is 5.69 Å². The predicted octanol–water partition coefficient (Wildman–Crippen LogP) is 1.75. The average molecular weight is 354 g/mol. The molecule has 0 aromatic carbocycles. The van der Waals surface area contributed by atoms with Crippen molar-refractivity contribution < 1.29 is 13.3 Å². The van der Waals surface area contributed by atoms with E-state index in [-0.39, 0.29) is 14.9 Å². The Balaban J connectivity index is 2.64. The SMILES string of the molecule is CSCCCCCNS(=O)(=O)c1cc([N+](=O)[O-])c(NN)s1. The van der Waals surface area contributed by atoms with Gasteiger partial charge in [-0.15, -0.1) is 0 Å². The largest absolute Gasteiger partial charge is 0.310 e. The van der Waals surface area contributed by atoms with Gasteiger partial charge in [-0.2, -0.15) is 11.8 Å². The van der Waals surface area contributed by atoms with Crippen molar-refractivity contribution in [3.05, 3.63) is 16.2 Å². The molecule has 11 heteroatoms. The van der Waals surface area contributed by atoms with Gasteiger partial charge in [0.15, 0.2) is 5.00 Å². The molecular weight excluding hydrogens is 336 g/mol. The molecule has 1 heterocycles. The minimum absolute atomic E-state index is 0.0142. The molecule has 1 aromatic rings. The van der Waals surface area contributed by atoms with E-state index in [0.717, 1.165) is 42.4 Å². The van der Waals surface area contributed by atoms with Gasteiger partial charge in [-0.25, -0.2) is 19.0 Å². The van der Waals surface area contributed by atoms with Gasteiger partial charge in [-0.1, -0.05) is 17.8 Å². The summed E-state index contributed by atoms with van der Waals surface area (Å²) in [5, 5.41) is 10.8. The molecule has 0 unspecified atom stereocenters. The van der Waals surface area contributed by atoms with Crippen LogP contribution in [-0.2, 0) is 10.0 Å². The van der Waals surface area contributed by atoms with Gasteiger partial charge in [0.05, 0.1) is 4.92 Å². The van der Waals surface area contributed by atoms with Crippen LogP contribution in [0.15, 0.2) is 10.3 Å². The topological polar surface area (TPSA) is 127 Å². The fraction of sp³-hybridized carbons (Fsp3) is 0.600. The molecule has 120 valence electrons. The molecule has 0 aliphatic heterocycles. The Morgan fingerprint density at radius 1 is 1.43 bits per heavy atom. The third-order valence-electron chi connectivity index (χ3n) is 2.60. The lowest BCUT2D eigenvalue weighted by atomic mass is 10.2. The first-order valence-corrected chi connectivity index (χ1v) is 9.85. The average Bonchev–Trinajstić information content (AvgIpc) is 2.88. The number of nitro groups is 1. The second-order valence-electron chi connectivity index (χ2n) is 4.13. The Kier molecular flexibility index (Phi) is 7.39. The number of thioether (sulfide) groups is 1. The lowest BCUT2D eigenvalue weighted by Gasteiger charge is -2.04. The number of nitrogens with two attached hydrogens (primary N) is 1. The molecule has 0 aliphatic rings. The second kappa shape index (κ2) is 8.54. The molecule has 0 spiro atoms. The van der Waals surface area contributed by atoms with Crippen molar-refractivity contribution in [3.8, 4) is 0 Å². The van der Waals surface area contributed by atoms with Crippen LogP contribution in [0.3, 0.4) is 0 Å². The molecule has 1 rings (SSSR count). The van der Waals surface area contributed by atoms with E-state index < -0.39 is 14.9 Å². The number of hydrogen-bond donors (Lipinski definition) is 3. The summed E-state index contributed by atoms with van der Waals surface area (Å²) in [5.41, 5.74) is 1.80. The minimum atomic E-state index is -3.73. The lowest BCUT2D eigenvalue weighted by molar-refractivity contribution is -0.383. The maximum Gasteiger partial charge on any atom is 0.306 e. The smallest absolute Gasteiger partial charge is 0.306 e. The van der Waals surface area contributed by atoms with E-state index in [1.807, 2.05) is 6.26 Å². The van der Waals surface area contributed by atoms with Crippen molar-refractivity contribution in [2.24, 2.45) is 5.84 Å². The molecule has 0 fully saturated rings. The predicted molar refractivity (Wildman–Crippen MR) is 86.2 cm³/mol. The molecule has 0 amide bonds. The molecule has 21 heavy (non-hydrogen) atoms. The van der Waals surface area contributed by atoms with Gasteiger partial charge in [0.25, 0.3) is 0 Å². The number of rotatable bonds is 10. The van der Waals surface area contributed by atoms with Crippen LogP contribution in [0.5, 0.6) is 0 Å². The number of hydrazine groups is 1. The summed E-state index contributed by atoms with van der Waals surface area (Å²) < 4.78 is 26.4. The van der Waals surface area contributed by atoms with Gasteiger partial charge in [0, 0.05) is 12.6 Å². The van der Waals surface area contributed by atoms with Crippen LogP contribution in [-0.4, -0.2) is 31.9 Å². The van der Waals surface area contributed by atoms with Crippen LogP contribution in [0.4, 0.5) is 10.7 Å². The minimum Gasteiger partial charge on any atom is -0.310 e. The van der Waals surface area contributed by atoms with Crippen LogP contribution in [0.25, 0.3) is 0 Å². The van der Waals surface area contributed by atoms with Gasteiger partial charge in [-0.05, 0) is 24.9 Å². The highest BCUT2D eigenvalue weighted by atomic mass is 32.2. The van der Waals surface area contributed by atoms with Crippen LogP contribution >= 0.6 is 23.1 Å². The molecule has 1 aromatic heterocycles. The lowest BCUT2D eigenvalue weighted by Crippen LogP contribution is -2.24.